The summed E-state index contributed by atoms with van der Waals surface area (Å²) in [6.07, 6.45) is 0. The van der Waals surface area contributed by atoms with E-state index in [0.717, 1.165) is 6.07 Å². The number of aromatic carboxylic acids is 1. The zero-order valence-electron chi connectivity index (χ0n) is 16.6. The van der Waals surface area contributed by atoms with Gasteiger partial charge in [0.15, 0.2) is 0 Å². The molecular weight excluding hydrogens is 436 g/mol. The minimum absolute atomic E-state index is 0.0867. The molecule has 1 heterocycles. The van der Waals surface area contributed by atoms with Gasteiger partial charge in [-0.15, -0.1) is 0 Å². The van der Waals surface area contributed by atoms with Crippen LogP contribution in [-0.2, 0) is 10.0 Å². The Morgan fingerprint density at radius 1 is 1.06 bits per heavy atom. The third-order valence-corrected chi connectivity index (χ3v) is 6.26. The summed E-state index contributed by atoms with van der Waals surface area (Å²) >= 11 is 0. The molecule has 0 amide bonds. The second kappa shape index (κ2) is 7.82. The smallest absolute Gasteiger partial charge is 0.340 e. The number of fused-ring (bicyclic) bond motifs is 1. The van der Waals surface area contributed by atoms with Gasteiger partial charge in [0.1, 0.15) is 16.9 Å². The number of carboxylic acids is 1. The van der Waals surface area contributed by atoms with Crippen LogP contribution < -0.4 is 4.72 Å². The lowest BCUT2D eigenvalue weighted by Gasteiger charge is -2.09. The molecular formula is C22H16N2O7S. The first-order valence-corrected chi connectivity index (χ1v) is 10.8. The molecule has 162 valence electrons. The van der Waals surface area contributed by atoms with Crippen molar-refractivity contribution in [2.24, 2.45) is 0 Å². The summed E-state index contributed by atoms with van der Waals surface area (Å²) in [4.78, 5) is 22.2. The van der Waals surface area contributed by atoms with E-state index in [1.807, 2.05) is 0 Å². The molecule has 0 aliphatic heterocycles. The highest BCUT2D eigenvalue weighted by molar-refractivity contribution is 7.92. The van der Waals surface area contributed by atoms with E-state index >= 15 is 0 Å². The van der Waals surface area contributed by atoms with E-state index in [2.05, 4.69) is 4.72 Å². The maximum Gasteiger partial charge on any atom is 0.340 e. The lowest BCUT2D eigenvalue weighted by Crippen LogP contribution is -2.13. The van der Waals surface area contributed by atoms with Crippen LogP contribution in [0, 0.1) is 17.0 Å². The fraction of sp³-hybridized carbons (Fsp3) is 0.0455. The van der Waals surface area contributed by atoms with Gasteiger partial charge < -0.3 is 9.52 Å². The van der Waals surface area contributed by atoms with Gasteiger partial charge >= 0.3 is 5.97 Å². The molecule has 32 heavy (non-hydrogen) atoms. The highest BCUT2D eigenvalue weighted by atomic mass is 32.2. The molecule has 0 aliphatic carbocycles. The van der Waals surface area contributed by atoms with Gasteiger partial charge in [-0.1, -0.05) is 36.4 Å². The Morgan fingerprint density at radius 2 is 1.78 bits per heavy atom. The minimum atomic E-state index is -4.17. The van der Waals surface area contributed by atoms with Gasteiger partial charge in [-0.25, -0.2) is 13.2 Å². The van der Waals surface area contributed by atoms with E-state index in [4.69, 9.17) is 4.42 Å². The van der Waals surface area contributed by atoms with E-state index in [-0.39, 0.29) is 38.6 Å². The number of nitro benzene ring substituents is 1. The lowest BCUT2D eigenvalue weighted by molar-refractivity contribution is -0.385. The van der Waals surface area contributed by atoms with Gasteiger partial charge in [-0.05, 0) is 31.2 Å². The molecule has 0 aliphatic rings. The summed E-state index contributed by atoms with van der Waals surface area (Å²) < 4.78 is 33.7. The highest BCUT2D eigenvalue weighted by Gasteiger charge is 2.24. The molecule has 0 spiro atoms. The molecule has 0 atom stereocenters. The quantitative estimate of drug-likeness (QED) is 0.316. The Kier molecular flexibility index (Phi) is 5.15. The van der Waals surface area contributed by atoms with Gasteiger partial charge in [-0.2, -0.15) is 0 Å². The second-order valence-corrected chi connectivity index (χ2v) is 8.68. The first-order chi connectivity index (χ1) is 15.2. The monoisotopic (exact) mass is 452 g/mol. The number of aryl methyl sites for hydroxylation is 1. The fourth-order valence-corrected chi connectivity index (χ4v) is 4.40. The number of rotatable bonds is 6. The summed E-state index contributed by atoms with van der Waals surface area (Å²) in [5.41, 5.74) is 0.833. The number of carboxylic acid groups (broad SMARTS) is 1. The summed E-state index contributed by atoms with van der Waals surface area (Å²) in [6, 6.07) is 16.5. The normalized spacial score (nSPS) is 11.4. The van der Waals surface area contributed by atoms with E-state index in [1.54, 1.807) is 30.3 Å². The number of nitrogens with zero attached hydrogens (tertiary/aromatic N) is 1. The third-order valence-electron chi connectivity index (χ3n) is 4.88. The van der Waals surface area contributed by atoms with Crippen molar-refractivity contribution in [3.05, 3.63) is 88.0 Å². The van der Waals surface area contributed by atoms with Crippen molar-refractivity contribution >= 4 is 38.3 Å². The molecule has 0 fully saturated rings. The number of hydrogen-bond donors (Lipinski definition) is 2. The number of furan rings is 1. The maximum atomic E-state index is 12.8. The molecule has 3 aromatic carbocycles. The number of anilines is 1. The number of nitrogens with one attached hydrogen (secondary N) is 1. The van der Waals surface area contributed by atoms with E-state index in [1.165, 1.54) is 37.3 Å². The van der Waals surface area contributed by atoms with Crippen LogP contribution in [0.4, 0.5) is 11.4 Å². The molecule has 2 N–H and O–H groups in total. The Bertz CT molecular complexity index is 1480. The molecule has 4 aromatic rings. The van der Waals surface area contributed by atoms with E-state index in [0.29, 0.717) is 11.1 Å². The van der Waals surface area contributed by atoms with Crippen molar-refractivity contribution in [1.29, 1.82) is 0 Å². The Labute approximate surface area is 182 Å². The summed E-state index contributed by atoms with van der Waals surface area (Å²) in [5, 5.41) is 21.1. The molecule has 0 bridgehead atoms. The topological polar surface area (TPSA) is 140 Å². The molecule has 4 rings (SSSR count). The van der Waals surface area contributed by atoms with Crippen LogP contribution in [0.2, 0.25) is 0 Å². The van der Waals surface area contributed by atoms with Crippen LogP contribution in [0.15, 0.2) is 76.0 Å². The molecule has 0 saturated carbocycles. The van der Waals surface area contributed by atoms with Crippen molar-refractivity contribution in [3.63, 3.8) is 0 Å². The average molecular weight is 452 g/mol. The molecule has 0 radical (unpaired) electrons. The van der Waals surface area contributed by atoms with Gasteiger partial charge in [-0.3, -0.25) is 14.8 Å². The Balaban J connectivity index is 1.78. The number of benzene rings is 3. The zero-order chi connectivity index (χ0) is 23.0. The molecule has 10 heteroatoms. The minimum Gasteiger partial charge on any atom is -0.478 e. The third kappa shape index (κ3) is 3.79. The molecule has 1 aromatic heterocycles. The first-order valence-electron chi connectivity index (χ1n) is 9.30. The summed E-state index contributed by atoms with van der Waals surface area (Å²) in [5.74, 6) is -1.07. The van der Waals surface area contributed by atoms with Crippen LogP contribution in [-0.4, -0.2) is 24.4 Å². The van der Waals surface area contributed by atoms with Gasteiger partial charge in [0.05, 0.1) is 9.82 Å². The number of carbonyl (C=O) groups is 1. The highest BCUT2D eigenvalue weighted by Crippen LogP contribution is 2.35. The van der Waals surface area contributed by atoms with Gasteiger partial charge in [0.2, 0.25) is 0 Å². The van der Waals surface area contributed by atoms with Crippen molar-refractivity contribution in [2.75, 3.05) is 4.72 Å². The fourth-order valence-electron chi connectivity index (χ4n) is 3.33. The SMILES string of the molecule is Cc1ccc(S(=O)(=O)Nc2ccc3oc(-c4ccccc4)c(C(=O)O)c3c2)cc1[N+](=O)[O-]. The number of sulfonamides is 1. The van der Waals surface area contributed by atoms with Crippen LogP contribution in [0.1, 0.15) is 15.9 Å². The van der Waals surface area contributed by atoms with E-state index in [9.17, 15) is 28.4 Å². The average Bonchev–Trinajstić information content (AvgIpc) is 3.13. The van der Waals surface area contributed by atoms with Crippen molar-refractivity contribution in [3.8, 4) is 11.3 Å². The first kappa shape index (κ1) is 21.1. The largest absolute Gasteiger partial charge is 0.478 e. The zero-order valence-corrected chi connectivity index (χ0v) is 17.4. The standard InChI is InChI=1S/C22H16N2O7S/c1-13-7-9-16(12-18(13)24(27)28)32(29,30)23-15-8-10-19-17(11-15)20(22(25)26)21(31-19)14-5-3-2-4-6-14/h2-12,23H,1H3,(H,25,26). The second-order valence-electron chi connectivity index (χ2n) is 7.00. The molecule has 9 nitrogen and oxygen atoms in total. The Hall–Kier alpha value is -4.18. The Morgan fingerprint density at radius 3 is 2.44 bits per heavy atom. The predicted molar refractivity (Wildman–Crippen MR) is 117 cm³/mol. The number of nitro groups is 1. The molecule has 0 saturated heterocycles. The van der Waals surface area contributed by atoms with Crippen LogP contribution >= 0.6 is 0 Å². The van der Waals surface area contributed by atoms with Crippen LogP contribution in [0.25, 0.3) is 22.3 Å². The molecule has 0 unspecified atom stereocenters. The van der Waals surface area contributed by atoms with Gasteiger partial charge in [0, 0.05) is 28.3 Å². The van der Waals surface area contributed by atoms with E-state index < -0.39 is 20.9 Å². The summed E-state index contributed by atoms with van der Waals surface area (Å²) in [6.45, 7) is 1.51. The van der Waals surface area contributed by atoms with Crippen LogP contribution in [0.3, 0.4) is 0 Å². The summed E-state index contributed by atoms with van der Waals surface area (Å²) in [7, 11) is -4.17. The predicted octanol–water partition coefficient (Wildman–Crippen LogP) is 4.82. The van der Waals surface area contributed by atoms with Gasteiger partial charge in [0.25, 0.3) is 15.7 Å². The maximum absolute atomic E-state index is 12.8. The number of hydrogen-bond acceptors (Lipinski definition) is 6. The van der Waals surface area contributed by atoms with Crippen molar-refractivity contribution in [2.45, 2.75) is 11.8 Å². The van der Waals surface area contributed by atoms with Crippen LogP contribution in [0.5, 0.6) is 0 Å². The van der Waals surface area contributed by atoms with Crippen molar-refractivity contribution < 1.29 is 27.7 Å². The van der Waals surface area contributed by atoms with Crippen molar-refractivity contribution in [1.82, 2.24) is 0 Å². The lowest BCUT2D eigenvalue weighted by atomic mass is 10.1.